The van der Waals surface area contributed by atoms with Crippen LogP contribution in [0, 0.1) is 0 Å². The molecule has 36 heavy (non-hydrogen) atoms. The molecule has 0 N–H and O–H groups in total. The van der Waals surface area contributed by atoms with Gasteiger partial charge in [-0.1, -0.05) is 125 Å². The number of hydrogen-bond acceptors (Lipinski definition) is 0. The van der Waals surface area contributed by atoms with Crippen LogP contribution in [-0.2, 0) is 5.41 Å². The molecule has 2 aliphatic carbocycles. The highest BCUT2D eigenvalue weighted by Crippen LogP contribution is 2.63. The van der Waals surface area contributed by atoms with Gasteiger partial charge in [0.1, 0.15) is 0 Å². The second kappa shape index (κ2) is 7.29. The zero-order chi connectivity index (χ0) is 23.9. The molecule has 0 fully saturated rings. The molecule has 0 atom stereocenters. The maximum Gasteiger partial charge on any atom is 0.0725 e. The average molecular weight is 521 g/mol. The Bertz CT molecular complexity index is 1810. The van der Waals surface area contributed by atoms with Crippen LogP contribution in [0.4, 0.5) is 0 Å². The molecule has 0 saturated carbocycles. The lowest BCUT2D eigenvalue weighted by molar-refractivity contribution is 0.794. The Morgan fingerprint density at radius 1 is 0.444 bits per heavy atom. The second-order valence-corrected chi connectivity index (χ2v) is 10.7. The second-order valence-electron chi connectivity index (χ2n) is 9.82. The maximum absolute atomic E-state index is 3.63. The van der Waals surface area contributed by atoms with Crippen molar-refractivity contribution in [3.05, 3.63) is 154 Å². The van der Waals surface area contributed by atoms with Gasteiger partial charge in [-0.3, -0.25) is 0 Å². The first kappa shape index (κ1) is 20.3. The third-order valence-corrected chi connectivity index (χ3v) is 8.63. The lowest BCUT2D eigenvalue weighted by Crippen LogP contribution is -2.25. The Balaban J connectivity index is 1.47. The molecule has 0 radical (unpaired) electrons. The molecule has 0 amide bonds. The summed E-state index contributed by atoms with van der Waals surface area (Å²) in [6.07, 6.45) is 0. The molecule has 0 heterocycles. The van der Waals surface area contributed by atoms with Crippen molar-refractivity contribution in [2.75, 3.05) is 0 Å². The molecule has 0 bridgehead atoms. The SMILES string of the molecule is Brc1cccc(-c2ccc3c4c(ccc3c2)C2(c3ccccc3-c3ccccc32)c2ccccc2-4)c1. The molecule has 8 rings (SSSR count). The van der Waals surface area contributed by atoms with Crippen molar-refractivity contribution in [1.29, 1.82) is 0 Å². The Kier molecular flexibility index (Phi) is 4.10. The Hall–Kier alpha value is -3.94. The van der Waals surface area contributed by atoms with E-state index in [1.54, 1.807) is 0 Å². The van der Waals surface area contributed by atoms with Crippen molar-refractivity contribution in [1.82, 2.24) is 0 Å². The smallest absolute Gasteiger partial charge is 0.0619 e. The number of fused-ring (bicyclic) bond motifs is 12. The maximum atomic E-state index is 3.63. The van der Waals surface area contributed by atoms with E-state index >= 15 is 0 Å². The summed E-state index contributed by atoms with van der Waals surface area (Å²) in [7, 11) is 0. The third kappa shape index (κ3) is 2.49. The van der Waals surface area contributed by atoms with E-state index in [1.807, 2.05) is 0 Å². The van der Waals surface area contributed by atoms with Crippen molar-refractivity contribution in [3.8, 4) is 33.4 Å². The fourth-order valence-electron chi connectivity index (χ4n) is 6.77. The lowest BCUT2D eigenvalue weighted by Gasteiger charge is -2.30. The fourth-order valence-corrected chi connectivity index (χ4v) is 7.17. The van der Waals surface area contributed by atoms with Crippen molar-refractivity contribution in [2.45, 2.75) is 5.41 Å². The Morgan fingerprint density at radius 3 is 1.75 bits per heavy atom. The Labute approximate surface area is 219 Å². The molecule has 6 aromatic carbocycles. The predicted octanol–water partition coefficient (Wildman–Crippen LogP) is 9.61. The van der Waals surface area contributed by atoms with Crippen LogP contribution in [0.1, 0.15) is 22.3 Å². The van der Waals surface area contributed by atoms with Crippen LogP contribution in [0.15, 0.2) is 132 Å². The van der Waals surface area contributed by atoms with Crippen LogP contribution in [0.25, 0.3) is 44.2 Å². The molecule has 1 spiro atoms. The van der Waals surface area contributed by atoms with Crippen molar-refractivity contribution in [2.24, 2.45) is 0 Å². The van der Waals surface area contributed by atoms with Crippen LogP contribution in [0.2, 0.25) is 0 Å². The van der Waals surface area contributed by atoms with E-state index in [0.717, 1.165) is 4.47 Å². The van der Waals surface area contributed by atoms with Gasteiger partial charge in [0.25, 0.3) is 0 Å². The van der Waals surface area contributed by atoms with Crippen LogP contribution in [-0.4, -0.2) is 0 Å². The molecule has 6 aromatic rings. The highest BCUT2D eigenvalue weighted by molar-refractivity contribution is 9.10. The van der Waals surface area contributed by atoms with E-state index in [4.69, 9.17) is 0 Å². The molecule has 1 heteroatoms. The fraction of sp³-hybridized carbons (Fsp3) is 0.0286. The van der Waals surface area contributed by atoms with E-state index in [9.17, 15) is 0 Å². The van der Waals surface area contributed by atoms with Crippen molar-refractivity contribution >= 4 is 26.7 Å². The van der Waals surface area contributed by atoms with E-state index in [1.165, 1.54) is 66.4 Å². The van der Waals surface area contributed by atoms with Gasteiger partial charge < -0.3 is 0 Å². The highest BCUT2D eigenvalue weighted by Gasteiger charge is 2.51. The van der Waals surface area contributed by atoms with Crippen molar-refractivity contribution in [3.63, 3.8) is 0 Å². The first-order chi connectivity index (χ1) is 17.8. The topological polar surface area (TPSA) is 0 Å². The van der Waals surface area contributed by atoms with Crippen LogP contribution in [0.5, 0.6) is 0 Å². The highest BCUT2D eigenvalue weighted by atomic mass is 79.9. The summed E-state index contributed by atoms with van der Waals surface area (Å²) in [6, 6.07) is 47.2. The van der Waals surface area contributed by atoms with E-state index < -0.39 is 0 Å². The molecule has 0 saturated heterocycles. The third-order valence-electron chi connectivity index (χ3n) is 8.13. The van der Waals surface area contributed by atoms with Gasteiger partial charge in [-0.05, 0) is 84.6 Å². The molecular formula is C35H21Br. The minimum Gasteiger partial charge on any atom is -0.0619 e. The zero-order valence-electron chi connectivity index (χ0n) is 19.5. The summed E-state index contributed by atoms with van der Waals surface area (Å²) in [5.41, 5.74) is 13.2. The van der Waals surface area contributed by atoms with Crippen molar-refractivity contribution < 1.29 is 0 Å². The normalized spacial score (nSPS) is 13.9. The van der Waals surface area contributed by atoms with Gasteiger partial charge in [0.15, 0.2) is 0 Å². The summed E-state index contributed by atoms with van der Waals surface area (Å²) >= 11 is 3.63. The number of rotatable bonds is 1. The van der Waals surface area contributed by atoms with E-state index in [0.29, 0.717) is 0 Å². The average Bonchev–Trinajstić information content (AvgIpc) is 3.40. The van der Waals surface area contributed by atoms with Crippen LogP contribution >= 0.6 is 15.9 Å². The minimum absolute atomic E-state index is 0.281. The molecule has 0 unspecified atom stereocenters. The van der Waals surface area contributed by atoms with E-state index in [-0.39, 0.29) is 5.41 Å². The number of hydrogen-bond donors (Lipinski definition) is 0. The number of benzene rings is 6. The lowest BCUT2D eigenvalue weighted by atomic mass is 9.70. The van der Waals surface area contributed by atoms with Crippen LogP contribution in [0.3, 0.4) is 0 Å². The van der Waals surface area contributed by atoms with Gasteiger partial charge in [-0.25, -0.2) is 0 Å². The summed E-state index contributed by atoms with van der Waals surface area (Å²) in [5, 5.41) is 2.59. The Morgan fingerprint density at radius 2 is 1.06 bits per heavy atom. The standard InChI is InChI=1S/C35H21Br/c36-25-9-7-8-22(21-25)23-16-18-26-24(20-23)17-19-33-34(26)29-12-3-6-15-32(29)35(33)30-13-4-1-10-27(30)28-11-2-5-14-31(28)35/h1-21H. The summed E-state index contributed by atoms with van der Waals surface area (Å²) in [5.74, 6) is 0. The van der Waals surface area contributed by atoms with Gasteiger partial charge in [-0.15, -0.1) is 0 Å². The summed E-state index contributed by atoms with van der Waals surface area (Å²) in [6.45, 7) is 0. The predicted molar refractivity (Wildman–Crippen MR) is 153 cm³/mol. The number of halogens is 1. The largest absolute Gasteiger partial charge is 0.0725 e. The van der Waals surface area contributed by atoms with Crippen LogP contribution < -0.4 is 0 Å². The van der Waals surface area contributed by atoms with Gasteiger partial charge >= 0.3 is 0 Å². The molecule has 168 valence electrons. The quantitative estimate of drug-likeness (QED) is 0.202. The first-order valence-corrected chi connectivity index (χ1v) is 13.2. The minimum atomic E-state index is -0.281. The molecule has 0 aromatic heterocycles. The molecule has 0 aliphatic heterocycles. The molecule has 2 aliphatic rings. The molecule has 0 nitrogen and oxygen atoms in total. The van der Waals surface area contributed by atoms with E-state index in [2.05, 4.69) is 143 Å². The zero-order valence-corrected chi connectivity index (χ0v) is 21.1. The summed E-state index contributed by atoms with van der Waals surface area (Å²) < 4.78 is 1.10. The van der Waals surface area contributed by atoms with Gasteiger partial charge in [0.05, 0.1) is 5.41 Å². The summed E-state index contributed by atoms with van der Waals surface area (Å²) in [4.78, 5) is 0. The van der Waals surface area contributed by atoms with Gasteiger partial charge in [0.2, 0.25) is 0 Å². The van der Waals surface area contributed by atoms with Gasteiger partial charge in [-0.2, -0.15) is 0 Å². The van der Waals surface area contributed by atoms with Gasteiger partial charge in [0, 0.05) is 4.47 Å². The monoisotopic (exact) mass is 520 g/mol. The first-order valence-electron chi connectivity index (χ1n) is 12.4. The molecular weight excluding hydrogens is 500 g/mol.